The van der Waals surface area contributed by atoms with Gasteiger partial charge >= 0.3 is 0 Å². The van der Waals surface area contributed by atoms with Crippen molar-refractivity contribution in [3.8, 4) is 29.1 Å². The maximum absolute atomic E-state index is 11.6. The second-order valence-corrected chi connectivity index (χ2v) is 4.67. The van der Waals surface area contributed by atoms with Gasteiger partial charge in [0.25, 0.3) is 5.91 Å². The van der Waals surface area contributed by atoms with Crippen LogP contribution in [0.1, 0.15) is 0 Å². The first-order chi connectivity index (χ1) is 11.8. The summed E-state index contributed by atoms with van der Waals surface area (Å²) in [6, 6.07) is 16.5. The fraction of sp³-hybridized carbons (Fsp3) is 0.211. The molecule has 0 saturated carbocycles. The van der Waals surface area contributed by atoms with Crippen molar-refractivity contribution in [2.45, 2.75) is 0 Å². The predicted octanol–water partition coefficient (Wildman–Crippen LogP) is 2.27. The largest absolute Gasteiger partial charge is 0.493 e. The summed E-state index contributed by atoms with van der Waals surface area (Å²) in [5.74, 6) is 7.37. The number of nitrogens with one attached hydrogen (secondary N) is 1. The van der Waals surface area contributed by atoms with Crippen molar-refractivity contribution >= 4 is 5.91 Å². The Labute approximate surface area is 141 Å². The third-order valence-corrected chi connectivity index (χ3v) is 2.98. The summed E-state index contributed by atoms with van der Waals surface area (Å²) < 4.78 is 16.0. The van der Waals surface area contributed by atoms with E-state index in [4.69, 9.17) is 14.2 Å². The Morgan fingerprint density at radius 3 is 2.42 bits per heavy atom. The molecule has 5 heteroatoms. The van der Waals surface area contributed by atoms with E-state index in [1.54, 1.807) is 19.2 Å². The minimum atomic E-state index is -0.223. The zero-order valence-corrected chi connectivity index (χ0v) is 13.5. The highest BCUT2D eigenvalue weighted by Gasteiger charge is 2.01. The Morgan fingerprint density at radius 1 is 0.958 bits per heavy atom. The Balaban J connectivity index is 1.64. The van der Waals surface area contributed by atoms with E-state index in [2.05, 4.69) is 17.2 Å². The number of carbonyl (C=O) groups excluding carboxylic acids is 1. The number of carbonyl (C=O) groups is 1. The molecule has 0 aliphatic heterocycles. The van der Waals surface area contributed by atoms with E-state index in [1.165, 1.54) is 0 Å². The van der Waals surface area contributed by atoms with Gasteiger partial charge in [0, 0.05) is 0 Å². The molecule has 0 saturated heterocycles. The van der Waals surface area contributed by atoms with E-state index >= 15 is 0 Å². The van der Waals surface area contributed by atoms with E-state index in [0.29, 0.717) is 17.2 Å². The number of hydrogen-bond donors (Lipinski definition) is 1. The van der Waals surface area contributed by atoms with Crippen LogP contribution in [0.25, 0.3) is 0 Å². The number of benzene rings is 2. The summed E-state index contributed by atoms with van der Waals surface area (Å²) in [4.78, 5) is 11.6. The molecule has 0 aliphatic carbocycles. The van der Waals surface area contributed by atoms with Gasteiger partial charge in [0.15, 0.2) is 18.1 Å². The van der Waals surface area contributed by atoms with Crippen molar-refractivity contribution in [2.75, 3.05) is 26.9 Å². The van der Waals surface area contributed by atoms with Gasteiger partial charge in [0.2, 0.25) is 0 Å². The molecule has 2 aromatic rings. The average molecular weight is 325 g/mol. The third-order valence-electron chi connectivity index (χ3n) is 2.98. The van der Waals surface area contributed by atoms with Gasteiger partial charge < -0.3 is 19.5 Å². The second kappa shape index (κ2) is 9.80. The minimum Gasteiger partial charge on any atom is -0.493 e. The number of para-hydroxylation sites is 3. The van der Waals surface area contributed by atoms with Crippen molar-refractivity contribution in [3.05, 3.63) is 54.6 Å². The highest BCUT2D eigenvalue weighted by molar-refractivity contribution is 5.77. The lowest BCUT2D eigenvalue weighted by atomic mass is 10.3. The number of amides is 1. The first-order valence-electron chi connectivity index (χ1n) is 7.45. The van der Waals surface area contributed by atoms with Crippen LogP contribution in [0.3, 0.4) is 0 Å². The van der Waals surface area contributed by atoms with Crippen LogP contribution >= 0.6 is 0 Å². The maximum atomic E-state index is 11.6. The molecule has 0 fully saturated rings. The molecular weight excluding hydrogens is 306 g/mol. The van der Waals surface area contributed by atoms with E-state index in [1.807, 2.05) is 42.5 Å². The van der Waals surface area contributed by atoms with Crippen LogP contribution in [0.4, 0.5) is 0 Å². The van der Waals surface area contributed by atoms with Crippen molar-refractivity contribution in [2.24, 2.45) is 0 Å². The Morgan fingerprint density at radius 2 is 1.67 bits per heavy atom. The molecule has 0 spiro atoms. The van der Waals surface area contributed by atoms with Gasteiger partial charge in [-0.15, -0.1) is 0 Å². The quantitative estimate of drug-likeness (QED) is 0.794. The van der Waals surface area contributed by atoms with Crippen LogP contribution in [-0.2, 0) is 4.79 Å². The molecule has 0 aromatic heterocycles. The summed E-state index contributed by atoms with van der Waals surface area (Å²) in [6.45, 7) is 0.423. The van der Waals surface area contributed by atoms with Crippen LogP contribution in [0.15, 0.2) is 54.6 Å². The van der Waals surface area contributed by atoms with Gasteiger partial charge in [-0.2, -0.15) is 0 Å². The van der Waals surface area contributed by atoms with E-state index in [9.17, 15) is 4.79 Å². The molecule has 1 N–H and O–H groups in total. The van der Waals surface area contributed by atoms with Gasteiger partial charge in [-0.25, -0.2) is 0 Å². The van der Waals surface area contributed by atoms with Gasteiger partial charge in [-0.3, -0.25) is 4.79 Å². The third kappa shape index (κ3) is 5.93. The fourth-order valence-electron chi connectivity index (χ4n) is 1.82. The Kier molecular flexibility index (Phi) is 7.03. The van der Waals surface area contributed by atoms with Gasteiger partial charge in [-0.05, 0) is 24.3 Å². The monoisotopic (exact) mass is 325 g/mol. The van der Waals surface area contributed by atoms with Crippen LogP contribution in [0.2, 0.25) is 0 Å². The molecule has 0 aliphatic rings. The van der Waals surface area contributed by atoms with E-state index in [0.717, 1.165) is 0 Å². The highest BCUT2D eigenvalue weighted by Crippen LogP contribution is 2.25. The van der Waals surface area contributed by atoms with Gasteiger partial charge in [0.05, 0.1) is 13.7 Å². The zero-order chi connectivity index (χ0) is 17.0. The molecule has 2 aromatic carbocycles. The van der Waals surface area contributed by atoms with Gasteiger partial charge in [-0.1, -0.05) is 42.2 Å². The summed E-state index contributed by atoms with van der Waals surface area (Å²) in [7, 11) is 1.58. The van der Waals surface area contributed by atoms with Gasteiger partial charge in [0.1, 0.15) is 12.4 Å². The number of rotatable bonds is 7. The van der Waals surface area contributed by atoms with Crippen molar-refractivity contribution < 1.29 is 19.0 Å². The maximum Gasteiger partial charge on any atom is 0.258 e. The molecule has 0 bridgehead atoms. The van der Waals surface area contributed by atoms with E-state index < -0.39 is 0 Å². The van der Waals surface area contributed by atoms with Crippen LogP contribution in [0.5, 0.6) is 17.2 Å². The van der Waals surface area contributed by atoms with Crippen molar-refractivity contribution in [3.63, 3.8) is 0 Å². The standard InChI is InChI=1S/C19H19NO4/c1-22-17-11-5-6-12-18(17)23-14-8-7-13-20-19(21)15-24-16-9-3-2-4-10-16/h2-6,9-12H,13-15H2,1H3,(H,20,21). The van der Waals surface area contributed by atoms with Crippen molar-refractivity contribution in [1.29, 1.82) is 0 Å². The zero-order valence-electron chi connectivity index (χ0n) is 13.5. The summed E-state index contributed by atoms with van der Waals surface area (Å²) in [5, 5.41) is 2.66. The minimum absolute atomic E-state index is 0.0383. The Bertz CT molecular complexity index is 704. The lowest BCUT2D eigenvalue weighted by Gasteiger charge is -2.07. The molecule has 0 radical (unpaired) electrons. The molecule has 2 rings (SSSR count). The summed E-state index contributed by atoms with van der Waals surface area (Å²) in [6.07, 6.45) is 0. The number of hydrogen-bond acceptors (Lipinski definition) is 4. The first kappa shape index (κ1) is 17.2. The van der Waals surface area contributed by atoms with Crippen LogP contribution in [-0.4, -0.2) is 32.8 Å². The molecule has 0 atom stereocenters. The number of ether oxygens (including phenoxy) is 3. The number of methoxy groups -OCH3 is 1. The first-order valence-corrected chi connectivity index (χ1v) is 7.45. The molecule has 0 unspecified atom stereocenters. The lowest BCUT2D eigenvalue weighted by molar-refractivity contribution is -0.122. The molecule has 5 nitrogen and oxygen atoms in total. The lowest BCUT2D eigenvalue weighted by Crippen LogP contribution is -2.29. The highest BCUT2D eigenvalue weighted by atomic mass is 16.5. The summed E-state index contributed by atoms with van der Waals surface area (Å²) in [5.41, 5.74) is 0. The molecular formula is C19H19NO4. The van der Waals surface area contributed by atoms with Crippen LogP contribution < -0.4 is 19.5 Å². The normalized spacial score (nSPS) is 9.38. The average Bonchev–Trinajstić information content (AvgIpc) is 2.64. The Hall–Kier alpha value is -3.13. The summed E-state index contributed by atoms with van der Waals surface area (Å²) >= 11 is 0. The van der Waals surface area contributed by atoms with E-state index in [-0.39, 0.29) is 25.7 Å². The fourth-order valence-corrected chi connectivity index (χ4v) is 1.82. The van der Waals surface area contributed by atoms with Crippen molar-refractivity contribution in [1.82, 2.24) is 5.32 Å². The smallest absolute Gasteiger partial charge is 0.258 e. The SMILES string of the molecule is COc1ccccc1OCC#CCNC(=O)COc1ccccc1. The second-order valence-electron chi connectivity index (χ2n) is 4.67. The molecule has 24 heavy (non-hydrogen) atoms. The predicted molar refractivity (Wildman–Crippen MR) is 91.2 cm³/mol. The molecule has 0 heterocycles. The van der Waals surface area contributed by atoms with Crippen LogP contribution in [0, 0.1) is 11.8 Å². The molecule has 1 amide bonds. The topological polar surface area (TPSA) is 56.8 Å². The molecule has 124 valence electrons.